The third kappa shape index (κ3) is 4.57. The molecular weight excluding hydrogens is 270 g/mol. The smallest absolute Gasteiger partial charge is 0.274 e. The van der Waals surface area contributed by atoms with E-state index in [2.05, 4.69) is 16.8 Å². The molecule has 108 valence electrons. The van der Waals surface area contributed by atoms with Gasteiger partial charge in [-0.1, -0.05) is 11.8 Å². The summed E-state index contributed by atoms with van der Waals surface area (Å²) >= 11 is 0. The first-order valence-corrected chi connectivity index (χ1v) is 5.83. The van der Waals surface area contributed by atoms with Crippen molar-refractivity contribution in [2.75, 3.05) is 26.3 Å². The number of aliphatic hydroxyl groups excluding tert-OH is 2. The van der Waals surface area contributed by atoms with Crippen LogP contribution in [-0.4, -0.2) is 58.7 Å². The largest absolute Gasteiger partial charge is 0.395 e. The molecule has 1 aromatic heterocycles. The first-order valence-electron chi connectivity index (χ1n) is 5.83. The fourth-order valence-electron chi connectivity index (χ4n) is 1.52. The number of hydrogen-bond acceptors (Lipinski definition) is 4. The number of alkyl halides is 2. The first kappa shape index (κ1) is 16.0. The Labute approximate surface area is 114 Å². The van der Waals surface area contributed by atoms with Crippen molar-refractivity contribution < 1.29 is 23.8 Å². The second kappa shape index (κ2) is 8.19. The zero-order valence-electron chi connectivity index (χ0n) is 10.6. The van der Waals surface area contributed by atoms with Crippen molar-refractivity contribution >= 4 is 5.91 Å². The van der Waals surface area contributed by atoms with E-state index in [1.54, 1.807) is 6.07 Å². The molecule has 2 N–H and O–H groups in total. The lowest BCUT2D eigenvalue weighted by molar-refractivity contribution is 0.0504. The Morgan fingerprint density at radius 3 is 2.80 bits per heavy atom. The number of carbonyl (C=O) groups is 1. The first-order chi connectivity index (χ1) is 9.60. The maximum Gasteiger partial charge on any atom is 0.274 e. The van der Waals surface area contributed by atoms with Crippen molar-refractivity contribution in [2.45, 2.75) is 6.43 Å². The number of carbonyl (C=O) groups excluding carboxylic acids is 1. The van der Waals surface area contributed by atoms with Gasteiger partial charge in [-0.15, -0.1) is 0 Å². The third-order valence-electron chi connectivity index (χ3n) is 2.33. The number of nitrogens with zero attached hydrogens (tertiary/aromatic N) is 2. The van der Waals surface area contributed by atoms with Crippen molar-refractivity contribution in [2.24, 2.45) is 0 Å². The second-order valence-electron chi connectivity index (χ2n) is 3.73. The number of halogens is 2. The van der Waals surface area contributed by atoms with Gasteiger partial charge >= 0.3 is 0 Å². The molecule has 20 heavy (non-hydrogen) atoms. The Bertz CT molecular complexity index is 512. The molecule has 0 bridgehead atoms. The van der Waals surface area contributed by atoms with Crippen molar-refractivity contribution in [3.63, 3.8) is 0 Å². The summed E-state index contributed by atoms with van der Waals surface area (Å²) in [6.45, 7) is -1.82. The summed E-state index contributed by atoms with van der Waals surface area (Å²) < 4.78 is 24.9. The number of aromatic nitrogens is 1. The maximum absolute atomic E-state index is 12.4. The minimum atomic E-state index is -2.71. The fourth-order valence-corrected chi connectivity index (χ4v) is 1.52. The summed E-state index contributed by atoms with van der Waals surface area (Å²) in [5.41, 5.74) is 0.159. The molecule has 0 aromatic carbocycles. The number of aliphatic hydroxyl groups is 2. The summed E-state index contributed by atoms with van der Waals surface area (Å²) in [5, 5.41) is 17.5. The van der Waals surface area contributed by atoms with Gasteiger partial charge in [0, 0.05) is 12.7 Å². The molecule has 0 fully saturated rings. The molecule has 5 nitrogen and oxygen atoms in total. The Kier molecular flexibility index (Phi) is 6.56. The van der Waals surface area contributed by atoms with Crippen LogP contribution in [0.2, 0.25) is 0 Å². The van der Waals surface area contributed by atoms with Gasteiger partial charge in [-0.3, -0.25) is 4.79 Å². The van der Waals surface area contributed by atoms with E-state index in [1.807, 2.05) is 0 Å². The standard InChI is InChI=1S/C13H14F2N2O3/c14-11(15)9-17(6-8-19)13(20)12-10(4-2-7-18)3-1-5-16-12/h1,3,5,11,18-19H,6-9H2. The quantitative estimate of drug-likeness (QED) is 0.754. The molecule has 0 aliphatic heterocycles. The van der Waals surface area contributed by atoms with Gasteiger partial charge in [0.1, 0.15) is 12.3 Å². The van der Waals surface area contributed by atoms with Crippen LogP contribution in [0.25, 0.3) is 0 Å². The van der Waals surface area contributed by atoms with Crippen LogP contribution in [0.1, 0.15) is 16.1 Å². The van der Waals surface area contributed by atoms with Gasteiger partial charge in [-0.05, 0) is 12.1 Å². The van der Waals surface area contributed by atoms with Crippen LogP contribution >= 0.6 is 0 Å². The average Bonchev–Trinajstić information content (AvgIpc) is 2.44. The highest BCUT2D eigenvalue weighted by Gasteiger charge is 2.22. The van der Waals surface area contributed by atoms with Gasteiger partial charge in [0.15, 0.2) is 0 Å². The zero-order chi connectivity index (χ0) is 15.0. The summed E-state index contributed by atoms with van der Waals surface area (Å²) in [6, 6.07) is 3.05. The molecule has 0 atom stereocenters. The van der Waals surface area contributed by atoms with Crippen molar-refractivity contribution in [1.82, 2.24) is 9.88 Å². The van der Waals surface area contributed by atoms with Crippen LogP contribution in [0, 0.1) is 11.8 Å². The number of amides is 1. The van der Waals surface area contributed by atoms with Gasteiger partial charge in [0.25, 0.3) is 12.3 Å². The minimum absolute atomic E-state index is 0.0810. The van der Waals surface area contributed by atoms with E-state index in [-0.39, 0.29) is 24.4 Å². The van der Waals surface area contributed by atoms with Crippen LogP contribution in [0.5, 0.6) is 0 Å². The van der Waals surface area contributed by atoms with E-state index >= 15 is 0 Å². The van der Waals surface area contributed by atoms with Crippen molar-refractivity contribution in [3.8, 4) is 11.8 Å². The predicted molar refractivity (Wildman–Crippen MR) is 67.2 cm³/mol. The number of rotatable bonds is 5. The average molecular weight is 284 g/mol. The molecule has 0 saturated carbocycles. The SMILES string of the molecule is O=C(c1ncccc1C#CCO)N(CCO)CC(F)F. The molecule has 0 spiro atoms. The molecule has 1 aromatic rings. The van der Waals surface area contributed by atoms with Gasteiger partial charge in [-0.25, -0.2) is 13.8 Å². The van der Waals surface area contributed by atoms with E-state index in [0.29, 0.717) is 0 Å². The van der Waals surface area contributed by atoms with Crippen LogP contribution in [-0.2, 0) is 0 Å². The van der Waals surface area contributed by atoms with Gasteiger partial charge in [0.05, 0.1) is 18.7 Å². The number of hydrogen-bond donors (Lipinski definition) is 2. The molecule has 1 amide bonds. The van der Waals surface area contributed by atoms with E-state index < -0.39 is 25.5 Å². The minimum Gasteiger partial charge on any atom is -0.395 e. The molecule has 1 rings (SSSR count). The Hall–Kier alpha value is -2.04. The zero-order valence-corrected chi connectivity index (χ0v) is 10.6. The van der Waals surface area contributed by atoms with Gasteiger partial charge < -0.3 is 15.1 Å². The van der Waals surface area contributed by atoms with E-state index in [1.165, 1.54) is 12.3 Å². The summed E-state index contributed by atoms with van der Waals surface area (Å²) in [4.78, 5) is 16.8. The molecular formula is C13H14F2N2O3. The molecule has 0 unspecified atom stereocenters. The number of pyridine rings is 1. The van der Waals surface area contributed by atoms with E-state index in [4.69, 9.17) is 10.2 Å². The molecule has 0 saturated heterocycles. The summed E-state index contributed by atoms with van der Waals surface area (Å²) in [6.07, 6.45) is -1.36. The predicted octanol–water partition coefficient (Wildman–Crippen LogP) is 0.125. The van der Waals surface area contributed by atoms with Crippen LogP contribution < -0.4 is 0 Å². The molecule has 1 heterocycles. The molecule has 0 aliphatic carbocycles. The molecule has 0 aliphatic rings. The lowest BCUT2D eigenvalue weighted by Gasteiger charge is -2.21. The van der Waals surface area contributed by atoms with Crippen LogP contribution in [0.3, 0.4) is 0 Å². The normalized spacial score (nSPS) is 10.1. The topological polar surface area (TPSA) is 73.7 Å². The highest BCUT2D eigenvalue weighted by Crippen LogP contribution is 2.09. The van der Waals surface area contributed by atoms with E-state index in [0.717, 1.165) is 4.90 Å². The second-order valence-corrected chi connectivity index (χ2v) is 3.73. The highest BCUT2D eigenvalue weighted by molar-refractivity contribution is 5.94. The van der Waals surface area contributed by atoms with Gasteiger partial charge in [0.2, 0.25) is 0 Å². The lowest BCUT2D eigenvalue weighted by atomic mass is 10.1. The highest BCUT2D eigenvalue weighted by atomic mass is 19.3. The van der Waals surface area contributed by atoms with Crippen LogP contribution in [0.15, 0.2) is 18.3 Å². The lowest BCUT2D eigenvalue weighted by Crippen LogP contribution is -2.38. The summed E-state index contributed by atoms with van der Waals surface area (Å²) in [7, 11) is 0. The maximum atomic E-state index is 12.4. The van der Waals surface area contributed by atoms with E-state index in [9.17, 15) is 13.6 Å². The molecule has 7 heteroatoms. The summed E-state index contributed by atoms with van der Waals surface area (Å²) in [5.74, 6) is 4.17. The molecule has 0 radical (unpaired) electrons. The Morgan fingerprint density at radius 1 is 1.45 bits per heavy atom. The monoisotopic (exact) mass is 284 g/mol. The van der Waals surface area contributed by atoms with Crippen LogP contribution in [0.4, 0.5) is 8.78 Å². The third-order valence-corrected chi connectivity index (χ3v) is 2.33. The van der Waals surface area contributed by atoms with Crippen molar-refractivity contribution in [3.05, 3.63) is 29.6 Å². The Morgan fingerprint density at radius 2 is 2.20 bits per heavy atom. The fraction of sp³-hybridized carbons (Fsp3) is 0.385. The Balaban J connectivity index is 3.04. The van der Waals surface area contributed by atoms with Crippen molar-refractivity contribution in [1.29, 1.82) is 0 Å². The van der Waals surface area contributed by atoms with Gasteiger partial charge in [-0.2, -0.15) is 0 Å².